The van der Waals surface area contributed by atoms with Crippen molar-refractivity contribution >= 4 is 11.4 Å². The predicted octanol–water partition coefficient (Wildman–Crippen LogP) is 9.72. The molecule has 7 rings (SSSR count). The van der Waals surface area contributed by atoms with Gasteiger partial charge in [0, 0.05) is 23.5 Å². The predicted molar refractivity (Wildman–Crippen MR) is 191 cm³/mol. The van der Waals surface area contributed by atoms with Crippen molar-refractivity contribution in [3.05, 3.63) is 168 Å². The van der Waals surface area contributed by atoms with E-state index in [1.807, 2.05) is 72.8 Å². The van der Waals surface area contributed by atoms with Gasteiger partial charge in [0.25, 0.3) is 0 Å². The van der Waals surface area contributed by atoms with Crippen molar-refractivity contribution in [3.63, 3.8) is 0 Å². The van der Waals surface area contributed by atoms with Gasteiger partial charge in [-0.15, -0.1) is 12.8 Å². The van der Waals surface area contributed by atoms with E-state index in [0.717, 1.165) is 45.5 Å². The average molecular weight is 609 g/mol. The fourth-order valence-corrected chi connectivity index (χ4v) is 6.49. The number of benzene rings is 6. The number of anilines is 2. The maximum Gasteiger partial charge on any atom is 0.129 e. The van der Waals surface area contributed by atoms with Crippen LogP contribution >= 0.6 is 0 Å². The summed E-state index contributed by atoms with van der Waals surface area (Å²) in [6.07, 6.45) is 10.8. The van der Waals surface area contributed by atoms with Crippen LogP contribution in [0.25, 0.3) is 11.1 Å². The van der Waals surface area contributed by atoms with Crippen molar-refractivity contribution in [2.24, 2.45) is 0 Å². The van der Waals surface area contributed by atoms with Gasteiger partial charge in [-0.3, -0.25) is 0 Å². The van der Waals surface area contributed by atoms with E-state index < -0.39 is 5.41 Å². The molecule has 0 aliphatic heterocycles. The van der Waals surface area contributed by atoms with Gasteiger partial charge in [0.05, 0.1) is 18.5 Å². The Morgan fingerprint density at radius 1 is 0.468 bits per heavy atom. The molecule has 226 valence electrons. The molecule has 0 unspecified atom stereocenters. The zero-order valence-electron chi connectivity index (χ0n) is 25.7. The van der Waals surface area contributed by atoms with Gasteiger partial charge < -0.3 is 20.1 Å². The number of terminal acetylenes is 2. The number of ether oxygens (including phenoxy) is 2. The van der Waals surface area contributed by atoms with E-state index in [-0.39, 0.29) is 0 Å². The quantitative estimate of drug-likeness (QED) is 0.152. The Hall–Kier alpha value is -6.36. The van der Waals surface area contributed by atoms with E-state index in [2.05, 4.69) is 95.3 Å². The van der Waals surface area contributed by atoms with Gasteiger partial charge in [-0.25, -0.2) is 0 Å². The van der Waals surface area contributed by atoms with Gasteiger partial charge in [0.15, 0.2) is 0 Å². The van der Waals surface area contributed by atoms with Gasteiger partial charge in [0.2, 0.25) is 0 Å². The van der Waals surface area contributed by atoms with Crippen LogP contribution in [0.4, 0.5) is 11.4 Å². The summed E-state index contributed by atoms with van der Waals surface area (Å²) in [5.74, 6) is 8.18. The highest BCUT2D eigenvalue weighted by Gasteiger charge is 2.45. The van der Waals surface area contributed by atoms with E-state index in [1.165, 1.54) is 22.3 Å². The van der Waals surface area contributed by atoms with E-state index in [9.17, 15) is 0 Å². The molecule has 0 heterocycles. The zero-order valence-corrected chi connectivity index (χ0v) is 25.7. The highest BCUT2D eigenvalue weighted by molar-refractivity contribution is 5.86. The molecule has 6 aromatic rings. The molecule has 6 aromatic carbocycles. The largest absolute Gasteiger partial charge is 0.457 e. The Kier molecular flexibility index (Phi) is 8.08. The first-order valence-electron chi connectivity index (χ1n) is 15.5. The van der Waals surface area contributed by atoms with Crippen molar-refractivity contribution in [1.29, 1.82) is 0 Å². The van der Waals surface area contributed by atoms with Crippen molar-refractivity contribution in [1.82, 2.24) is 0 Å². The second kappa shape index (κ2) is 12.9. The second-order valence-electron chi connectivity index (χ2n) is 11.3. The van der Waals surface area contributed by atoms with Crippen molar-refractivity contribution in [2.45, 2.75) is 5.41 Å². The minimum atomic E-state index is -0.539. The molecule has 1 aliphatic rings. The number of nitrogens with one attached hydrogen (secondary N) is 2. The van der Waals surface area contributed by atoms with E-state index in [1.54, 1.807) is 0 Å². The lowest BCUT2D eigenvalue weighted by Gasteiger charge is -2.34. The van der Waals surface area contributed by atoms with Crippen LogP contribution in [0, 0.1) is 24.7 Å². The van der Waals surface area contributed by atoms with Crippen LogP contribution in [0.5, 0.6) is 23.0 Å². The van der Waals surface area contributed by atoms with Gasteiger partial charge in [0.1, 0.15) is 23.0 Å². The molecule has 0 amide bonds. The van der Waals surface area contributed by atoms with Gasteiger partial charge in [-0.05, 0) is 81.9 Å². The fraction of sp³-hybridized carbons (Fsp3) is 0.0698. The standard InChI is InChI=1S/C43H32N2O2/c1-3-27-44-33-11-9-13-37(29-33)46-35-23-19-31(20-24-35)43(41-17-7-5-15-39(41)40-16-6-8-18-42(40)43)32-21-25-36(26-22-32)47-38-14-10-12-34(30-38)45-28-4-2/h1-2,5-26,29-30,44-45H,27-28H2. The Balaban J connectivity index is 1.26. The van der Waals surface area contributed by atoms with Crippen LogP contribution in [0.1, 0.15) is 22.3 Å². The van der Waals surface area contributed by atoms with Crippen LogP contribution < -0.4 is 20.1 Å². The molecule has 0 aromatic heterocycles. The maximum absolute atomic E-state index is 6.27. The molecule has 0 saturated heterocycles. The molecule has 47 heavy (non-hydrogen) atoms. The minimum Gasteiger partial charge on any atom is -0.457 e. The molecule has 1 aliphatic carbocycles. The highest BCUT2D eigenvalue weighted by Crippen LogP contribution is 2.56. The van der Waals surface area contributed by atoms with Crippen molar-refractivity contribution < 1.29 is 9.47 Å². The molecule has 0 spiro atoms. The first-order valence-corrected chi connectivity index (χ1v) is 15.5. The molecule has 4 nitrogen and oxygen atoms in total. The minimum absolute atomic E-state index is 0.452. The molecular weight excluding hydrogens is 576 g/mol. The molecule has 4 heteroatoms. The third kappa shape index (κ3) is 5.66. The summed E-state index contributed by atoms with van der Waals surface area (Å²) in [5.41, 5.74) is 8.52. The Labute approximate surface area is 276 Å². The molecular formula is C43H32N2O2. The molecule has 0 atom stereocenters. The van der Waals surface area contributed by atoms with Crippen LogP contribution in [-0.4, -0.2) is 13.1 Å². The van der Waals surface area contributed by atoms with Gasteiger partial charge >= 0.3 is 0 Å². The topological polar surface area (TPSA) is 42.5 Å². The highest BCUT2D eigenvalue weighted by atomic mass is 16.5. The molecule has 2 N–H and O–H groups in total. The first kappa shape index (κ1) is 29.4. The summed E-state index contributed by atoms with van der Waals surface area (Å²) >= 11 is 0. The number of rotatable bonds is 10. The number of fused-ring (bicyclic) bond motifs is 3. The van der Waals surface area contributed by atoms with Crippen LogP contribution in [-0.2, 0) is 5.41 Å². The smallest absolute Gasteiger partial charge is 0.129 e. The van der Waals surface area contributed by atoms with Crippen molar-refractivity contribution in [3.8, 4) is 58.8 Å². The lowest BCUT2D eigenvalue weighted by atomic mass is 9.68. The van der Waals surface area contributed by atoms with Crippen molar-refractivity contribution in [2.75, 3.05) is 23.7 Å². The van der Waals surface area contributed by atoms with Gasteiger partial charge in [-0.1, -0.05) is 96.8 Å². The summed E-state index contributed by atoms with van der Waals surface area (Å²) in [5, 5.41) is 6.40. The molecule has 0 bridgehead atoms. The summed E-state index contributed by atoms with van der Waals surface area (Å²) in [6.45, 7) is 0.905. The lowest BCUT2D eigenvalue weighted by molar-refractivity contribution is 0.482. The number of hydrogen-bond donors (Lipinski definition) is 2. The molecule has 0 saturated carbocycles. The average Bonchev–Trinajstić information content (AvgIpc) is 3.42. The maximum atomic E-state index is 6.27. The first-order chi connectivity index (χ1) is 23.2. The van der Waals surface area contributed by atoms with Gasteiger partial charge in [-0.2, -0.15) is 0 Å². The third-order valence-corrected chi connectivity index (χ3v) is 8.46. The monoisotopic (exact) mass is 608 g/mol. The van der Waals surface area contributed by atoms with E-state index in [0.29, 0.717) is 13.1 Å². The Bertz CT molecular complexity index is 1960. The molecule has 0 fully saturated rings. The normalized spacial score (nSPS) is 12.1. The summed E-state index contributed by atoms with van der Waals surface area (Å²) in [7, 11) is 0. The SMILES string of the molecule is C#CCNc1cccc(Oc2ccc(C3(c4ccc(Oc5cccc(NCC#C)c5)cc4)c4ccccc4-c4ccccc43)cc2)c1. The Morgan fingerprint density at radius 2 is 0.894 bits per heavy atom. The summed E-state index contributed by atoms with van der Waals surface area (Å²) in [4.78, 5) is 0. The van der Waals surface area contributed by atoms with Crippen LogP contribution in [0.2, 0.25) is 0 Å². The number of hydrogen-bond acceptors (Lipinski definition) is 4. The van der Waals surface area contributed by atoms with E-state index >= 15 is 0 Å². The van der Waals surface area contributed by atoms with E-state index in [4.69, 9.17) is 22.3 Å². The summed E-state index contributed by atoms with van der Waals surface area (Å²) in [6, 6.07) is 49.9. The second-order valence-corrected chi connectivity index (χ2v) is 11.3. The Morgan fingerprint density at radius 3 is 1.32 bits per heavy atom. The lowest BCUT2D eigenvalue weighted by Crippen LogP contribution is -2.28. The zero-order chi connectivity index (χ0) is 32.1. The third-order valence-electron chi connectivity index (χ3n) is 8.46. The summed E-state index contributed by atoms with van der Waals surface area (Å²) < 4.78 is 12.5. The van der Waals surface area contributed by atoms with Crippen LogP contribution in [0.3, 0.4) is 0 Å². The molecule has 0 radical (unpaired) electrons. The fourth-order valence-electron chi connectivity index (χ4n) is 6.49. The van der Waals surface area contributed by atoms with Crippen LogP contribution in [0.15, 0.2) is 146 Å².